The van der Waals surface area contributed by atoms with Gasteiger partial charge in [-0.15, -0.1) is 0 Å². The summed E-state index contributed by atoms with van der Waals surface area (Å²) in [5.41, 5.74) is -0.0570. The maximum absolute atomic E-state index is 13.5. The number of aryl methyl sites for hydroxylation is 1. The van der Waals surface area contributed by atoms with Crippen molar-refractivity contribution in [1.29, 1.82) is 0 Å². The Hall–Kier alpha value is -1.68. The lowest BCUT2D eigenvalue weighted by atomic mass is 10.1. The fourth-order valence-electron chi connectivity index (χ4n) is 1.57. The summed E-state index contributed by atoms with van der Waals surface area (Å²) in [4.78, 5) is 16.0. The van der Waals surface area contributed by atoms with Crippen molar-refractivity contribution in [3.8, 4) is 0 Å². The molecule has 0 aliphatic carbocycles. The number of rotatable bonds is 3. The van der Waals surface area contributed by atoms with Crippen LogP contribution < -0.4 is 0 Å². The minimum Gasteiger partial charge on any atom is -0.328 e. The van der Waals surface area contributed by atoms with E-state index < -0.39 is 11.6 Å². The Morgan fingerprint density at radius 3 is 3.00 bits per heavy atom. The highest BCUT2D eigenvalue weighted by Gasteiger charge is 2.18. The maximum atomic E-state index is 13.5. The van der Waals surface area contributed by atoms with Gasteiger partial charge in [0.05, 0.1) is 5.56 Å². The average molecular weight is 253 g/mol. The first-order valence-corrected chi connectivity index (χ1v) is 5.52. The minimum atomic E-state index is -0.593. The molecule has 0 unspecified atom stereocenters. The third kappa shape index (κ3) is 2.22. The number of nitrogens with zero attached hydrogens (tertiary/aromatic N) is 2. The summed E-state index contributed by atoms with van der Waals surface area (Å²) in [6.45, 7) is 2.48. The fraction of sp³-hybridized carbons (Fsp3) is 0.167. The van der Waals surface area contributed by atoms with Crippen LogP contribution in [0.2, 0.25) is 5.02 Å². The fourth-order valence-corrected chi connectivity index (χ4v) is 1.74. The van der Waals surface area contributed by atoms with E-state index in [0.717, 1.165) is 0 Å². The van der Waals surface area contributed by atoms with E-state index in [1.807, 2.05) is 6.92 Å². The molecule has 2 aromatic rings. The summed E-state index contributed by atoms with van der Waals surface area (Å²) < 4.78 is 15.2. The zero-order valence-corrected chi connectivity index (χ0v) is 9.91. The molecule has 1 aromatic heterocycles. The number of benzene rings is 1. The highest BCUT2D eigenvalue weighted by Crippen LogP contribution is 2.17. The number of aromatic nitrogens is 2. The van der Waals surface area contributed by atoms with Crippen LogP contribution in [0.5, 0.6) is 0 Å². The average Bonchev–Trinajstić information content (AvgIpc) is 2.79. The first-order chi connectivity index (χ1) is 8.13. The third-order valence-corrected chi connectivity index (χ3v) is 2.67. The van der Waals surface area contributed by atoms with E-state index in [0.29, 0.717) is 11.6 Å². The first kappa shape index (κ1) is 11.8. The van der Waals surface area contributed by atoms with Gasteiger partial charge in [0.25, 0.3) is 0 Å². The molecule has 0 saturated heterocycles. The second-order valence-corrected chi connectivity index (χ2v) is 3.93. The highest BCUT2D eigenvalue weighted by molar-refractivity contribution is 6.31. The van der Waals surface area contributed by atoms with E-state index in [1.165, 1.54) is 24.4 Å². The molecule has 0 bridgehead atoms. The number of imidazole rings is 1. The van der Waals surface area contributed by atoms with Gasteiger partial charge in [-0.3, -0.25) is 4.79 Å². The molecule has 2 rings (SSSR count). The smallest absolute Gasteiger partial charge is 0.231 e. The van der Waals surface area contributed by atoms with Gasteiger partial charge in [-0.1, -0.05) is 11.6 Å². The molecular weight excluding hydrogens is 243 g/mol. The molecule has 0 N–H and O–H groups in total. The van der Waals surface area contributed by atoms with Gasteiger partial charge in [0.2, 0.25) is 5.78 Å². The SMILES string of the molecule is CCn1ccnc1C(=O)c1cc(Cl)ccc1F. The van der Waals surface area contributed by atoms with Gasteiger partial charge in [0.15, 0.2) is 5.82 Å². The zero-order valence-electron chi connectivity index (χ0n) is 9.15. The molecule has 0 amide bonds. The lowest BCUT2D eigenvalue weighted by Gasteiger charge is -2.05. The molecule has 0 aliphatic heterocycles. The Morgan fingerprint density at radius 2 is 2.29 bits per heavy atom. The van der Waals surface area contributed by atoms with Crippen molar-refractivity contribution in [2.75, 3.05) is 0 Å². The lowest BCUT2D eigenvalue weighted by molar-refractivity contribution is 0.102. The Bertz CT molecular complexity index is 565. The quantitative estimate of drug-likeness (QED) is 0.788. The van der Waals surface area contributed by atoms with Crippen LogP contribution >= 0.6 is 11.6 Å². The molecule has 5 heteroatoms. The zero-order chi connectivity index (χ0) is 12.4. The summed E-state index contributed by atoms with van der Waals surface area (Å²) in [7, 11) is 0. The predicted molar refractivity (Wildman–Crippen MR) is 62.7 cm³/mol. The van der Waals surface area contributed by atoms with Crippen LogP contribution in [0.3, 0.4) is 0 Å². The second kappa shape index (κ2) is 4.67. The summed E-state index contributed by atoms with van der Waals surface area (Å²) in [5.74, 6) is -0.837. The molecule has 0 fully saturated rings. The number of carbonyl (C=O) groups is 1. The van der Waals surface area contributed by atoms with Gasteiger partial charge in [-0.05, 0) is 25.1 Å². The molecule has 0 aliphatic rings. The summed E-state index contributed by atoms with van der Waals surface area (Å²) in [6, 6.07) is 3.89. The molecular formula is C12H10ClFN2O. The highest BCUT2D eigenvalue weighted by atomic mass is 35.5. The van der Waals surface area contributed by atoms with Crippen LogP contribution in [-0.4, -0.2) is 15.3 Å². The van der Waals surface area contributed by atoms with Crippen molar-refractivity contribution in [2.24, 2.45) is 0 Å². The van der Waals surface area contributed by atoms with Crippen LogP contribution in [-0.2, 0) is 6.54 Å². The van der Waals surface area contributed by atoms with Gasteiger partial charge in [-0.2, -0.15) is 0 Å². The van der Waals surface area contributed by atoms with E-state index in [9.17, 15) is 9.18 Å². The van der Waals surface area contributed by atoms with Gasteiger partial charge in [0.1, 0.15) is 5.82 Å². The maximum Gasteiger partial charge on any atom is 0.231 e. The van der Waals surface area contributed by atoms with Gasteiger partial charge < -0.3 is 4.57 Å². The Morgan fingerprint density at radius 1 is 1.53 bits per heavy atom. The van der Waals surface area contributed by atoms with E-state index in [1.54, 1.807) is 10.8 Å². The van der Waals surface area contributed by atoms with Crippen molar-refractivity contribution in [3.05, 3.63) is 52.8 Å². The van der Waals surface area contributed by atoms with Crippen molar-refractivity contribution in [3.63, 3.8) is 0 Å². The number of hydrogen-bond acceptors (Lipinski definition) is 2. The number of halogens is 2. The summed E-state index contributed by atoms with van der Waals surface area (Å²) >= 11 is 5.75. The van der Waals surface area contributed by atoms with Gasteiger partial charge in [0, 0.05) is 24.0 Å². The standard InChI is InChI=1S/C12H10ClFN2O/c1-2-16-6-5-15-12(16)11(17)9-7-8(13)3-4-10(9)14/h3-7H,2H2,1H3. The second-order valence-electron chi connectivity index (χ2n) is 3.49. The monoisotopic (exact) mass is 252 g/mol. The van der Waals surface area contributed by atoms with Crippen LogP contribution in [0.4, 0.5) is 4.39 Å². The lowest BCUT2D eigenvalue weighted by Crippen LogP contribution is -2.12. The van der Waals surface area contributed by atoms with Gasteiger partial charge in [-0.25, -0.2) is 9.37 Å². The summed E-state index contributed by atoms with van der Waals surface area (Å²) in [5, 5.41) is 0.323. The van der Waals surface area contributed by atoms with Crippen LogP contribution in [0.25, 0.3) is 0 Å². The molecule has 1 heterocycles. The topological polar surface area (TPSA) is 34.9 Å². The van der Waals surface area contributed by atoms with Crippen LogP contribution in [0.1, 0.15) is 23.1 Å². The molecule has 17 heavy (non-hydrogen) atoms. The molecule has 1 aromatic carbocycles. The summed E-state index contributed by atoms with van der Waals surface area (Å²) in [6.07, 6.45) is 3.19. The predicted octanol–water partition coefficient (Wildman–Crippen LogP) is 2.93. The molecule has 0 atom stereocenters. The number of ketones is 1. The van der Waals surface area contributed by atoms with Crippen molar-refractivity contribution < 1.29 is 9.18 Å². The molecule has 0 radical (unpaired) electrons. The largest absolute Gasteiger partial charge is 0.328 e. The third-order valence-electron chi connectivity index (χ3n) is 2.43. The van der Waals surface area contributed by atoms with E-state index in [-0.39, 0.29) is 11.4 Å². The first-order valence-electron chi connectivity index (χ1n) is 5.14. The minimum absolute atomic E-state index is 0.0570. The molecule has 88 valence electrons. The van der Waals surface area contributed by atoms with E-state index in [4.69, 9.17) is 11.6 Å². The number of carbonyl (C=O) groups excluding carboxylic acids is 1. The Balaban J connectivity index is 2.47. The van der Waals surface area contributed by atoms with E-state index >= 15 is 0 Å². The molecule has 0 spiro atoms. The Kier molecular flexibility index (Phi) is 3.24. The molecule has 0 saturated carbocycles. The van der Waals surface area contributed by atoms with Crippen molar-refractivity contribution in [1.82, 2.24) is 9.55 Å². The Labute approximate surface area is 103 Å². The van der Waals surface area contributed by atoms with E-state index in [2.05, 4.69) is 4.98 Å². The van der Waals surface area contributed by atoms with Gasteiger partial charge >= 0.3 is 0 Å². The van der Waals surface area contributed by atoms with Crippen LogP contribution in [0.15, 0.2) is 30.6 Å². The molecule has 3 nitrogen and oxygen atoms in total. The van der Waals surface area contributed by atoms with Crippen molar-refractivity contribution in [2.45, 2.75) is 13.5 Å². The normalized spacial score (nSPS) is 10.5. The van der Waals surface area contributed by atoms with Crippen molar-refractivity contribution >= 4 is 17.4 Å². The number of hydrogen-bond donors (Lipinski definition) is 0. The van der Waals surface area contributed by atoms with Crippen LogP contribution in [0, 0.1) is 5.82 Å².